The second kappa shape index (κ2) is 6.48. The van der Waals surface area contributed by atoms with E-state index in [1.807, 2.05) is 12.1 Å². The maximum atomic E-state index is 6.10. The zero-order valence-corrected chi connectivity index (χ0v) is 14.2. The molecule has 1 unspecified atom stereocenters. The number of hydrogen-bond acceptors (Lipinski definition) is 2. The van der Waals surface area contributed by atoms with Crippen LogP contribution < -0.4 is 0 Å². The van der Waals surface area contributed by atoms with Crippen LogP contribution >= 0.6 is 35.4 Å². The number of hydrogen-bond donors (Lipinski definition) is 1. The SMILES string of the molecule is CCC(C)N(C)CCn1c(=S)[nH]c2cc(Cl)c(Cl)cc21. The molecule has 0 aliphatic heterocycles. The average Bonchev–Trinajstić information content (AvgIpc) is 2.71. The van der Waals surface area contributed by atoms with Gasteiger partial charge >= 0.3 is 0 Å². The van der Waals surface area contributed by atoms with Gasteiger partial charge in [-0.15, -0.1) is 0 Å². The van der Waals surface area contributed by atoms with E-state index >= 15 is 0 Å². The third-order valence-electron chi connectivity index (χ3n) is 3.84. The van der Waals surface area contributed by atoms with Crippen molar-refractivity contribution in [3.05, 3.63) is 26.9 Å². The molecular formula is C14H19Cl2N3S. The van der Waals surface area contributed by atoms with Crippen molar-refractivity contribution >= 4 is 46.5 Å². The van der Waals surface area contributed by atoms with Gasteiger partial charge in [0.25, 0.3) is 0 Å². The summed E-state index contributed by atoms with van der Waals surface area (Å²) in [4.78, 5) is 5.51. The van der Waals surface area contributed by atoms with Crippen LogP contribution in [0.1, 0.15) is 20.3 Å². The van der Waals surface area contributed by atoms with Crippen LogP contribution in [0.3, 0.4) is 0 Å². The first-order valence-corrected chi connectivity index (χ1v) is 7.88. The Balaban J connectivity index is 2.28. The lowest BCUT2D eigenvalue weighted by atomic mass is 10.2. The maximum absolute atomic E-state index is 6.10. The molecule has 0 aliphatic carbocycles. The van der Waals surface area contributed by atoms with E-state index in [2.05, 4.69) is 35.3 Å². The Morgan fingerprint density at radius 3 is 2.65 bits per heavy atom. The number of rotatable bonds is 5. The summed E-state index contributed by atoms with van der Waals surface area (Å²) in [6, 6.07) is 4.26. The second-order valence-electron chi connectivity index (χ2n) is 5.10. The van der Waals surface area contributed by atoms with Gasteiger partial charge in [0.15, 0.2) is 4.77 Å². The summed E-state index contributed by atoms with van der Waals surface area (Å²) in [6.07, 6.45) is 1.14. The monoisotopic (exact) mass is 331 g/mol. The fourth-order valence-electron chi connectivity index (χ4n) is 2.16. The molecule has 2 rings (SSSR count). The van der Waals surface area contributed by atoms with Crippen molar-refractivity contribution in [2.45, 2.75) is 32.9 Å². The van der Waals surface area contributed by atoms with Gasteiger partial charge in [0.2, 0.25) is 0 Å². The van der Waals surface area contributed by atoms with Crippen LogP contribution in [0.5, 0.6) is 0 Å². The third-order valence-corrected chi connectivity index (χ3v) is 4.88. The summed E-state index contributed by atoms with van der Waals surface area (Å²) in [5.41, 5.74) is 1.93. The van der Waals surface area contributed by atoms with Gasteiger partial charge in [0.1, 0.15) is 0 Å². The van der Waals surface area contributed by atoms with Crippen molar-refractivity contribution in [2.24, 2.45) is 0 Å². The zero-order valence-electron chi connectivity index (χ0n) is 11.9. The molecule has 3 nitrogen and oxygen atoms in total. The first-order valence-electron chi connectivity index (χ1n) is 6.71. The topological polar surface area (TPSA) is 24.0 Å². The number of H-pyrrole nitrogens is 1. The summed E-state index contributed by atoms with van der Waals surface area (Å²) in [5, 5.41) is 1.09. The molecule has 110 valence electrons. The highest BCUT2D eigenvalue weighted by Crippen LogP contribution is 2.27. The van der Waals surface area contributed by atoms with Gasteiger partial charge in [-0.1, -0.05) is 30.1 Å². The lowest BCUT2D eigenvalue weighted by molar-refractivity contribution is 0.243. The van der Waals surface area contributed by atoms with Crippen molar-refractivity contribution in [2.75, 3.05) is 13.6 Å². The van der Waals surface area contributed by atoms with E-state index in [9.17, 15) is 0 Å². The summed E-state index contributed by atoms with van der Waals surface area (Å²) >= 11 is 17.5. The molecule has 1 heterocycles. The molecule has 1 aromatic heterocycles. The Morgan fingerprint density at radius 1 is 1.35 bits per heavy atom. The Kier molecular flexibility index (Phi) is 5.13. The second-order valence-corrected chi connectivity index (χ2v) is 6.30. The molecule has 0 bridgehead atoms. The lowest BCUT2D eigenvalue weighted by Gasteiger charge is -2.23. The Labute approximate surface area is 134 Å². The molecular weight excluding hydrogens is 313 g/mol. The van der Waals surface area contributed by atoms with Crippen molar-refractivity contribution in [1.82, 2.24) is 14.5 Å². The molecule has 0 saturated heterocycles. The van der Waals surface area contributed by atoms with Crippen LogP contribution in [0.4, 0.5) is 0 Å². The molecule has 0 saturated carbocycles. The average molecular weight is 332 g/mol. The highest BCUT2D eigenvalue weighted by atomic mass is 35.5. The van der Waals surface area contributed by atoms with E-state index in [0.717, 1.165) is 30.5 Å². The smallest absolute Gasteiger partial charge is 0.178 e. The number of fused-ring (bicyclic) bond motifs is 1. The number of halogens is 2. The van der Waals surface area contributed by atoms with Crippen LogP contribution in [0.25, 0.3) is 11.0 Å². The first-order chi connectivity index (χ1) is 9.43. The molecule has 0 fully saturated rings. The minimum Gasteiger partial charge on any atom is -0.331 e. The van der Waals surface area contributed by atoms with Crippen LogP contribution in [0, 0.1) is 4.77 Å². The number of nitrogens with one attached hydrogen (secondary N) is 1. The van der Waals surface area contributed by atoms with Crippen LogP contribution in [0.15, 0.2) is 12.1 Å². The van der Waals surface area contributed by atoms with Gasteiger partial charge in [0.05, 0.1) is 21.1 Å². The molecule has 0 aliphatic rings. The standard InChI is InChI=1S/C14H19Cl2N3S/c1-4-9(2)18(3)5-6-19-13-8-11(16)10(15)7-12(13)17-14(19)20/h7-9H,4-6H2,1-3H3,(H,17,20). The number of likely N-dealkylation sites (N-methyl/N-ethyl adjacent to an activating group) is 1. The predicted octanol–water partition coefficient (Wildman–Crippen LogP) is 4.74. The Bertz CT molecular complexity index is 662. The van der Waals surface area contributed by atoms with E-state index in [1.54, 1.807) is 0 Å². The largest absolute Gasteiger partial charge is 0.331 e. The van der Waals surface area contributed by atoms with Crippen molar-refractivity contribution in [1.29, 1.82) is 0 Å². The van der Waals surface area contributed by atoms with Gasteiger partial charge in [0, 0.05) is 19.1 Å². The van der Waals surface area contributed by atoms with Gasteiger partial charge in [-0.25, -0.2) is 0 Å². The molecule has 0 spiro atoms. The van der Waals surface area contributed by atoms with Gasteiger partial charge in [-0.3, -0.25) is 0 Å². The summed E-state index contributed by atoms with van der Waals surface area (Å²) in [5.74, 6) is 0. The normalized spacial score (nSPS) is 13.3. The molecule has 0 amide bonds. The van der Waals surface area contributed by atoms with Gasteiger partial charge in [-0.05, 0) is 44.7 Å². The number of aromatic nitrogens is 2. The van der Waals surface area contributed by atoms with E-state index in [4.69, 9.17) is 35.4 Å². The molecule has 0 radical (unpaired) electrons. The fourth-order valence-corrected chi connectivity index (χ4v) is 2.78. The van der Waals surface area contributed by atoms with Crippen LogP contribution in [0.2, 0.25) is 10.0 Å². The van der Waals surface area contributed by atoms with Crippen LogP contribution in [-0.2, 0) is 6.54 Å². The summed E-state index contributed by atoms with van der Waals surface area (Å²) in [6.45, 7) is 6.19. The predicted molar refractivity (Wildman–Crippen MR) is 89.5 cm³/mol. The molecule has 1 atom stereocenters. The van der Waals surface area contributed by atoms with Crippen molar-refractivity contribution in [3.63, 3.8) is 0 Å². The molecule has 1 N–H and O–H groups in total. The maximum Gasteiger partial charge on any atom is 0.178 e. The highest BCUT2D eigenvalue weighted by Gasteiger charge is 2.10. The summed E-state index contributed by atoms with van der Waals surface area (Å²) in [7, 11) is 2.14. The number of aromatic amines is 1. The van der Waals surface area contributed by atoms with E-state index in [1.165, 1.54) is 0 Å². The lowest BCUT2D eigenvalue weighted by Crippen LogP contribution is -2.31. The Morgan fingerprint density at radius 2 is 2.00 bits per heavy atom. The van der Waals surface area contributed by atoms with Crippen LogP contribution in [-0.4, -0.2) is 34.1 Å². The quantitative estimate of drug-likeness (QED) is 0.800. The molecule has 2 aromatic rings. The number of imidazole rings is 1. The van der Waals surface area contributed by atoms with Crippen molar-refractivity contribution < 1.29 is 0 Å². The van der Waals surface area contributed by atoms with E-state index in [-0.39, 0.29) is 0 Å². The summed E-state index contributed by atoms with van der Waals surface area (Å²) < 4.78 is 2.78. The van der Waals surface area contributed by atoms with E-state index < -0.39 is 0 Å². The van der Waals surface area contributed by atoms with Crippen molar-refractivity contribution in [3.8, 4) is 0 Å². The van der Waals surface area contributed by atoms with Gasteiger partial charge < -0.3 is 14.5 Å². The molecule has 6 heteroatoms. The first kappa shape index (κ1) is 15.8. The minimum absolute atomic E-state index is 0.541. The minimum atomic E-state index is 0.541. The van der Waals surface area contributed by atoms with E-state index in [0.29, 0.717) is 20.9 Å². The molecule has 1 aromatic carbocycles. The number of nitrogens with zero attached hydrogens (tertiary/aromatic N) is 2. The zero-order chi connectivity index (χ0) is 14.9. The van der Waals surface area contributed by atoms with Gasteiger partial charge in [-0.2, -0.15) is 0 Å². The highest BCUT2D eigenvalue weighted by molar-refractivity contribution is 7.71. The molecule has 20 heavy (non-hydrogen) atoms. The number of benzene rings is 1. The fraction of sp³-hybridized carbons (Fsp3) is 0.500. The Hall–Kier alpha value is -0.550. The third kappa shape index (κ3) is 3.19.